The number of esters is 1. The van der Waals surface area contributed by atoms with Gasteiger partial charge < -0.3 is 9.15 Å². The number of sulfonamides is 1. The third-order valence-electron chi connectivity index (χ3n) is 4.79. The van der Waals surface area contributed by atoms with Crippen LogP contribution in [-0.4, -0.2) is 21.0 Å². The van der Waals surface area contributed by atoms with Gasteiger partial charge in [0.2, 0.25) is 0 Å². The summed E-state index contributed by atoms with van der Waals surface area (Å²) in [5.41, 5.74) is 1.14. The van der Waals surface area contributed by atoms with Crippen LogP contribution in [0.2, 0.25) is 0 Å². The van der Waals surface area contributed by atoms with E-state index in [1.165, 1.54) is 0 Å². The van der Waals surface area contributed by atoms with Crippen molar-refractivity contribution in [1.29, 1.82) is 0 Å². The zero-order chi connectivity index (χ0) is 21.3. The number of carbonyl (C=O) groups is 1. The number of nitrogens with one attached hydrogen (secondary N) is 1. The Bertz CT molecular complexity index is 1350. The highest BCUT2D eigenvalue weighted by molar-refractivity contribution is 7.92. The number of carbonyl (C=O) groups excluding carboxylic acids is 1. The lowest BCUT2D eigenvalue weighted by atomic mass is 10.1. The third kappa shape index (κ3) is 3.76. The fourth-order valence-electron chi connectivity index (χ4n) is 3.35. The molecule has 0 saturated heterocycles. The number of furan rings is 1. The van der Waals surface area contributed by atoms with Crippen LogP contribution < -0.4 is 4.72 Å². The Kier molecular flexibility index (Phi) is 5.22. The van der Waals surface area contributed by atoms with Crippen LogP contribution >= 0.6 is 0 Å². The molecule has 1 heterocycles. The van der Waals surface area contributed by atoms with Gasteiger partial charge in [0.1, 0.15) is 16.9 Å². The zero-order valence-electron chi connectivity index (χ0n) is 16.6. The number of rotatable bonds is 6. The molecule has 30 heavy (non-hydrogen) atoms. The second-order valence-corrected chi connectivity index (χ2v) is 8.68. The van der Waals surface area contributed by atoms with E-state index in [1.807, 2.05) is 31.2 Å². The number of fused-ring (bicyclic) bond motifs is 2. The maximum Gasteiger partial charge on any atom is 0.342 e. The summed E-state index contributed by atoms with van der Waals surface area (Å²) in [7, 11) is -3.81. The van der Waals surface area contributed by atoms with Crippen molar-refractivity contribution in [3.8, 4) is 0 Å². The fraction of sp³-hybridized carbons (Fsp3) is 0.174. The molecule has 4 rings (SSSR count). The summed E-state index contributed by atoms with van der Waals surface area (Å²) in [6.07, 6.45) is 0.706. The Labute approximate surface area is 174 Å². The maximum atomic E-state index is 12.9. The minimum absolute atomic E-state index is 0.159. The molecule has 4 aromatic rings. The van der Waals surface area contributed by atoms with Crippen molar-refractivity contribution in [2.24, 2.45) is 0 Å². The molecule has 0 amide bonds. The van der Waals surface area contributed by atoms with Crippen molar-refractivity contribution in [3.63, 3.8) is 0 Å². The zero-order valence-corrected chi connectivity index (χ0v) is 17.5. The van der Waals surface area contributed by atoms with E-state index in [-0.39, 0.29) is 4.90 Å². The van der Waals surface area contributed by atoms with Crippen LogP contribution in [0.5, 0.6) is 0 Å². The summed E-state index contributed by atoms with van der Waals surface area (Å²) in [5.74, 6) is -0.0525. The Morgan fingerprint density at radius 2 is 1.80 bits per heavy atom. The first-order chi connectivity index (χ1) is 14.4. The molecule has 0 bridgehead atoms. The first kappa shape index (κ1) is 20.0. The molecule has 0 unspecified atom stereocenters. The number of aryl methyl sites for hydroxylation is 1. The lowest BCUT2D eigenvalue weighted by Gasteiger charge is -2.09. The van der Waals surface area contributed by atoms with E-state index in [4.69, 9.17) is 9.15 Å². The summed E-state index contributed by atoms with van der Waals surface area (Å²) < 4.78 is 39.3. The van der Waals surface area contributed by atoms with Gasteiger partial charge in [0, 0.05) is 11.1 Å². The summed E-state index contributed by atoms with van der Waals surface area (Å²) in [6, 6.07) is 17.4. The average molecular weight is 423 g/mol. The van der Waals surface area contributed by atoms with Gasteiger partial charge in [-0.25, -0.2) is 13.2 Å². The third-order valence-corrected chi connectivity index (χ3v) is 6.17. The topological polar surface area (TPSA) is 85.6 Å². The van der Waals surface area contributed by atoms with Crippen LogP contribution in [0.3, 0.4) is 0 Å². The monoisotopic (exact) mass is 423 g/mol. The first-order valence-electron chi connectivity index (χ1n) is 9.61. The van der Waals surface area contributed by atoms with E-state index in [1.54, 1.807) is 43.3 Å². The first-order valence-corrected chi connectivity index (χ1v) is 11.1. The van der Waals surface area contributed by atoms with Crippen LogP contribution in [0.1, 0.15) is 29.5 Å². The minimum Gasteiger partial charge on any atom is -0.462 e. The second-order valence-electron chi connectivity index (χ2n) is 6.99. The molecule has 7 heteroatoms. The van der Waals surface area contributed by atoms with Crippen molar-refractivity contribution in [2.75, 3.05) is 11.3 Å². The van der Waals surface area contributed by atoms with Gasteiger partial charge in [0.05, 0.1) is 11.5 Å². The Balaban J connectivity index is 1.69. The molecule has 0 radical (unpaired) electrons. The van der Waals surface area contributed by atoms with E-state index in [2.05, 4.69) is 4.72 Å². The van der Waals surface area contributed by atoms with Crippen LogP contribution in [0.4, 0.5) is 5.69 Å². The Morgan fingerprint density at radius 3 is 2.57 bits per heavy atom. The van der Waals surface area contributed by atoms with Gasteiger partial charge >= 0.3 is 5.97 Å². The minimum atomic E-state index is -3.81. The van der Waals surface area contributed by atoms with Gasteiger partial charge in [-0.05, 0) is 54.4 Å². The molecule has 1 N–H and O–H groups in total. The standard InChI is InChI=1S/C23H21NO5S/c1-3-12-28-23(25)22-15(2)29-21-11-9-18(14-20(21)22)24-30(26,27)19-10-8-16-6-4-5-7-17(16)13-19/h4-11,13-14,24H,3,12H2,1-2H3. The second kappa shape index (κ2) is 7.84. The van der Waals surface area contributed by atoms with E-state index in [9.17, 15) is 13.2 Å². The lowest BCUT2D eigenvalue weighted by Crippen LogP contribution is -2.13. The van der Waals surface area contributed by atoms with Crippen LogP contribution in [0.15, 0.2) is 70.0 Å². The van der Waals surface area contributed by atoms with E-state index in [0.29, 0.717) is 41.0 Å². The van der Waals surface area contributed by atoms with Crippen molar-refractivity contribution >= 4 is 43.4 Å². The highest BCUT2D eigenvalue weighted by Gasteiger charge is 2.21. The van der Waals surface area contributed by atoms with Crippen molar-refractivity contribution in [2.45, 2.75) is 25.2 Å². The van der Waals surface area contributed by atoms with E-state index < -0.39 is 16.0 Å². The molecule has 0 atom stereocenters. The molecule has 6 nitrogen and oxygen atoms in total. The summed E-state index contributed by atoms with van der Waals surface area (Å²) >= 11 is 0. The molecule has 0 aliphatic heterocycles. The maximum absolute atomic E-state index is 12.9. The molecule has 3 aromatic carbocycles. The van der Waals surface area contributed by atoms with Gasteiger partial charge in [-0.1, -0.05) is 37.3 Å². The van der Waals surface area contributed by atoms with Crippen LogP contribution in [-0.2, 0) is 14.8 Å². The van der Waals surface area contributed by atoms with Crippen molar-refractivity contribution in [1.82, 2.24) is 0 Å². The lowest BCUT2D eigenvalue weighted by molar-refractivity contribution is 0.0505. The molecular weight excluding hydrogens is 402 g/mol. The number of anilines is 1. The van der Waals surface area contributed by atoms with Gasteiger partial charge in [-0.15, -0.1) is 0 Å². The summed E-state index contributed by atoms with van der Waals surface area (Å²) in [6.45, 7) is 3.90. The molecule has 154 valence electrons. The molecule has 1 aromatic heterocycles. The fourth-order valence-corrected chi connectivity index (χ4v) is 4.44. The van der Waals surface area contributed by atoms with Crippen LogP contribution in [0.25, 0.3) is 21.7 Å². The molecule has 0 fully saturated rings. The van der Waals surface area contributed by atoms with Crippen molar-refractivity contribution < 1.29 is 22.4 Å². The summed E-state index contributed by atoms with van der Waals surface area (Å²) in [5, 5.41) is 2.30. The molecule has 0 saturated carbocycles. The molecular formula is C23H21NO5S. The van der Waals surface area contributed by atoms with Gasteiger partial charge in [-0.3, -0.25) is 4.72 Å². The number of hydrogen-bond acceptors (Lipinski definition) is 5. The number of hydrogen-bond donors (Lipinski definition) is 1. The van der Waals surface area contributed by atoms with E-state index in [0.717, 1.165) is 10.8 Å². The predicted octanol–water partition coefficient (Wildman–Crippen LogP) is 5.26. The average Bonchev–Trinajstić information content (AvgIpc) is 3.06. The number of ether oxygens (including phenoxy) is 1. The van der Waals surface area contributed by atoms with E-state index >= 15 is 0 Å². The Morgan fingerprint density at radius 1 is 1.03 bits per heavy atom. The van der Waals surface area contributed by atoms with Gasteiger partial charge in [0.15, 0.2) is 0 Å². The van der Waals surface area contributed by atoms with Gasteiger partial charge in [0.25, 0.3) is 10.0 Å². The Hall–Kier alpha value is -3.32. The van der Waals surface area contributed by atoms with Crippen LogP contribution in [0, 0.1) is 6.92 Å². The molecule has 0 spiro atoms. The van der Waals surface area contributed by atoms with Crippen molar-refractivity contribution in [3.05, 3.63) is 72.0 Å². The largest absolute Gasteiger partial charge is 0.462 e. The summed E-state index contributed by atoms with van der Waals surface area (Å²) in [4.78, 5) is 12.6. The predicted molar refractivity (Wildman–Crippen MR) is 116 cm³/mol. The highest BCUT2D eigenvalue weighted by Crippen LogP contribution is 2.30. The van der Waals surface area contributed by atoms with Gasteiger partial charge in [-0.2, -0.15) is 0 Å². The molecule has 0 aliphatic carbocycles. The SMILES string of the molecule is CCCOC(=O)c1c(C)oc2ccc(NS(=O)(=O)c3ccc4ccccc4c3)cc12. The quantitative estimate of drug-likeness (QED) is 0.428. The number of benzene rings is 3. The normalized spacial score (nSPS) is 11.7. The highest BCUT2D eigenvalue weighted by atomic mass is 32.2. The smallest absolute Gasteiger partial charge is 0.342 e. The molecule has 0 aliphatic rings.